The van der Waals surface area contributed by atoms with E-state index in [0.717, 1.165) is 16.8 Å². The molecule has 40 heavy (non-hydrogen) atoms. The highest BCUT2D eigenvalue weighted by Gasteiger charge is 2.23. The van der Waals surface area contributed by atoms with Crippen molar-refractivity contribution in [3.63, 3.8) is 0 Å². The molecule has 4 heterocycles. The van der Waals surface area contributed by atoms with Gasteiger partial charge in [-0.1, -0.05) is 40.2 Å². The molecule has 4 aromatic heterocycles. The van der Waals surface area contributed by atoms with Gasteiger partial charge in [0.1, 0.15) is 5.82 Å². The molecular formula is C27H20Cl2F2N9+. The van der Waals surface area contributed by atoms with E-state index in [9.17, 15) is 4.39 Å². The minimum Gasteiger partial charge on any atom is -0.263 e. The van der Waals surface area contributed by atoms with E-state index >= 15 is 4.39 Å². The van der Waals surface area contributed by atoms with Gasteiger partial charge in [0, 0.05) is 37.0 Å². The molecule has 200 valence electrons. The van der Waals surface area contributed by atoms with Crippen LogP contribution in [0.15, 0.2) is 79.5 Å². The fraction of sp³-hybridized carbons (Fsp3) is 0.111. The van der Waals surface area contributed by atoms with Gasteiger partial charge >= 0.3 is 5.15 Å². The first-order chi connectivity index (χ1) is 19.4. The number of hydrogen-bond acceptors (Lipinski definition) is 5. The average molecular weight is 579 g/mol. The van der Waals surface area contributed by atoms with Crippen molar-refractivity contribution in [2.45, 2.75) is 12.5 Å². The third kappa shape index (κ3) is 4.96. The third-order valence-corrected chi connectivity index (χ3v) is 7.00. The van der Waals surface area contributed by atoms with Crippen LogP contribution in [0, 0.1) is 11.6 Å². The predicted molar refractivity (Wildman–Crippen MR) is 144 cm³/mol. The molecule has 1 atom stereocenters. The first kappa shape index (κ1) is 25.8. The molecule has 2 aromatic carbocycles. The number of H-pyrrole nitrogens is 1. The van der Waals surface area contributed by atoms with Crippen molar-refractivity contribution in [1.29, 1.82) is 0 Å². The van der Waals surface area contributed by atoms with Crippen LogP contribution in [-0.4, -0.2) is 40.1 Å². The van der Waals surface area contributed by atoms with Crippen LogP contribution in [0.3, 0.4) is 0 Å². The number of nitrogens with zero attached hydrogens (tertiary/aromatic N) is 8. The zero-order valence-corrected chi connectivity index (χ0v) is 22.4. The van der Waals surface area contributed by atoms with Gasteiger partial charge in [0.15, 0.2) is 17.7 Å². The van der Waals surface area contributed by atoms with Gasteiger partial charge in [0.2, 0.25) is 0 Å². The molecule has 9 nitrogen and oxygen atoms in total. The van der Waals surface area contributed by atoms with Gasteiger partial charge in [-0.15, -0.1) is 9.78 Å². The van der Waals surface area contributed by atoms with Crippen LogP contribution < -0.4 is 4.68 Å². The second kappa shape index (κ2) is 10.6. The van der Waals surface area contributed by atoms with Gasteiger partial charge in [0.25, 0.3) is 0 Å². The Bertz CT molecular complexity index is 1790. The minimum atomic E-state index is -0.601. The molecule has 0 saturated carbocycles. The molecule has 0 aliphatic rings. The first-order valence-corrected chi connectivity index (χ1v) is 12.8. The zero-order valence-electron chi connectivity index (χ0n) is 20.9. The highest BCUT2D eigenvalue weighted by atomic mass is 35.5. The number of aromatic amines is 1. The van der Waals surface area contributed by atoms with Crippen molar-refractivity contribution in [1.82, 2.24) is 40.1 Å². The van der Waals surface area contributed by atoms with E-state index in [-0.39, 0.29) is 27.6 Å². The number of nitrogens with one attached hydrogen (secondary N) is 1. The summed E-state index contributed by atoms with van der Waals surface area (Å²) >= 11 is 12.1. The lowest BCUT2D eigenvalue weighted by Crippen LogP contribution is -2.33. The molecule has 0 radical (unpaired) electrons. The Morgan fingerprint density at radius 2 is 1.80 bits per heavy atom. The van der Waals surface area contributed by atoms with Gasteiger partial charge in [-0.05, 0) is 47.5 Å². The van der Waals surface area contributed by atoms with Crippen LogP contribution in [0.5, 0.6) is 0 Å². The van der Waals surface area contributed by atoms with E-state index in [1.807, 2.05) is 12.3 Å². The molecule has 0 aliphatic carbocycles. The lowest BCUT2D eigenvalue weighted by molar-refractivity contribution is -0.659. The zero-order chi connectivity index (χ0) is 27.8. The summed E-state index contributed by atoms with van der Waals surface area (Å²) in [5.41, 5.74) is 4.39. The van der Waals surface area contributed by atoms with E-state index < -0.39 is 5.82 Å². The van der Waals surface area contributed by atoms with E-state index in [2.05, 4.69) is 25.7 Å². The summed E-state index contributed by atoms with van der Waals surface area (Å²) in [6.07, 6.45) is 8.86. The third-order valence-electron chi connectivity index (χ3n) is 6.52. The largest absolute Gasteiger partial charge is 0.308 e. The Balaban J connectivity index is 1.40. The predicted octanol–water partition coefficient (Wildman–Crippen LogP) is 5.16. The maximum atomic E-state index is 15.4. The Hall–Kier alpha value is -4.48. The molecule has 1 N–H and O–H groups in total. The van der Waals surface area contributed by atoms with Gasteiger partial charge in [0.05, 0.1) is 45.5 Å². The smallest absolute Gasteiger partial charge is 0.263 e. The standard InChI is InChI=1S/C27H19Cl2F2N9/c1-38-24(13-33-36-38)18-12-34-39(14-18)23(10-16-2-5-19(30)6-3-16)21-8-4-17(11-32-21)26-22(9-7-20(28)27(26)31)40-15-25(29)35-37-40/h2-9,11-15,23H,10H2,1H3/p+1/t23-/m1/s1. The number of benzene rings is 2. The fourth-order valence-electron chi connectivity index (χ4n) is 4.52. The normalized spacial score (nSPS) is 12.1. The van der Waals surface area contributed by atoms with E-state index in [4.69, 9.17) is 28.2 Å². The number of halogens is 4. The Labute approximate surface area is 236 Å². The average Bonchev–Trinajstić information content (AvgIpc) is 3.71. The van der Waals surface area contributed by atoms with Crippen molar-refractivity contribution in [3.05, 3.63) is 113 Å². The van der Waals surface area contributed by atoms with Crippen molar-refractivity contribution in [3.8, 4) is 28.1 Å². The Morgan fingerprint density at radius 3 is 2.48 bits per heavy atom. The molecule has 0 saturated heterocycles. The SMILES string of the molecule is Cn1nncc1-c1cnn([C@H](Cc2ccc(F)cc2)c2ccc(-c3c(-[n+]4cc(Cl)n[nH]4)ccc(Cl)c3F)cn2)c1. The summed E-state index contributed by atoms with van der Waals surface area (Å²) in [5.74, 6) is -0.917. The maximum absolute atomic E-state index is 15.4. The van der Waals surface area contributed by atoms with Gasteiger partial charge in [-0.25, -0.2) is 13.5 Å². The summed E-state index contributed by atoms with van der Waals surface area (Å²) in [6.45, 7) is 0. The molecule has 0 unspecified atom stereocenters. The second-order valence-corrected chi connectivity index (χ2v) is 9.85. The van der Waals surface area contributed by atoms with E-state index in [0.29, 0.717) is 23.4 Å². The summed E-state index contributed by atoms with van der Waals surface area (Å²) < 4.78 is 33.9. The summed E-state index contributed by atoms with van der Waals surface area (Å²) in [5, 5.41) is 19.4. The first-order valence-electron chi connectivity index (χ1n) is 12.1. The molecule has 0 spiro atoms. The molecule has 0 amide bonds. The molecule has 0 fully saturated rings. The fourth-order valence-corrected chi connectivity index (χ4v) is 4.82. The lowest BCUT2D eigenvalue weighted by Gasteiger charge is -2.18. The van der Waals surface area contributed by atoms with Crippen molar-refractivity contribution in [2.24, 2.45) is 7.05 Å². The van der Waals surface area contributed by atoms with Crippen LogP contribution in [-0.2, 0) is 13.5 Å². The number of hydrogen-bond donors (Lipinski definition) is 1. The second-order valence-electron chi connectivity index (χ2n) is 9.06. The number of rotatable bonds is 7. The van der Waals surface area contributed by atoms with E-state index in [1.54, 1.807) is 59.3 Å². The van der Waals surface area contributed by atoms with Crippen LogP contribution in [0.2, 0.25) is 10.2 Å². The summed E-state index contributed by atoms with van der Waals surface area (Å²) in [7, 11) is 1.80. The summed E-state index contributed by atoms with van der Waals surface area (Å²) in [6, 6.07) is 12.7. The lowest BCUT2D eigenvalue weighted by atomic mass is 10.0. The molecule has 13 heteroatoms. The van der Waals surface area contributed by atoms with Gasteiger partial charge in [-0.2, -0.15) is 5.10 Å². The van der Waals surface area contributed by atoms with Crippen LogP contribution in [0.25, 0.3) is 28.1 Å². The topological polar surface area (TPSA) is 94.0 Å². The minimum absolute atomic E-state index is 0.0306. The van der Waals surface area contributed by atoms with Crippen molar-refractivity contribution in [2.75, 3.05) is 0 Å². The molecule has 0 bridgehead atoms. The highest BCUT2D eigenvalue weighted by molar-refractivity contribution is 6.31. The Kier molecular flexibility index (Phi) is 6.82. The molecular weight excluding hydrogens is 559 g/mol. The number of aryl methyl sites for hydroxylation is 1. The molecule has 0 aliphatic heterocycles. The monoisotopic (exact) mass is 578 g/mol. The number of pyridine rings is 1. The summed E-state index contributed by atoms with van der Waals surface area (Å²) in [4.78, 5) is 4.71. The Morgan fingerprint density at radius 1 is 0.975 bits per heavy atom. The highest BCUT2D eigenvalue weighted by Crippen LogP contribution is 2.33. The van der Waals surface area contributed by atoms with Crippen LogP contribution >= 0.6 is 23.2 Å². The van der Waals surface area contributed by atoms with Crippen molar-refractivity contribution < 1.29 is 13.5 Å². The van der Waals surface area contributed by atoms with Gasteiger partial charge < -0.3 is 0 Å². The van der Waals surface area contributed by atoms with Crippen LogP contribution in [0.4, 0.5) is 8.78 Å². The maximum Gasteiger partial charge on any atom is 0.308 e. The molecule has 6 aromatic rings. The molecule has 6 rings (SSSR count). The van der Waals surface area contributed by atoms with Crippen LogP contribution in [0.1, 0.15) is 17.3 Å². The van der Waals surface area contributed by atoms with E-state index in [1.165, 1.54) is 29.1 Å². The quantitative estimate of drug-likeness (QED) is 0.264. The van der Waals surface area contributed by atoms with Crippen molar-refractivity contribution >= 4 is 23.2 Å². The van der Waals surface area contributed by atoms with Gasteiger partial charge in [-0.3, -0.25) is 9.67 Å². The number of aromatic nitrogens is 9.